The van der Waals surface area contributed by atoms with Crippen molar-refractivity contribution in [3.05, 3.63) is 0 Å². The van der Waals surface area contributed by atoms with Gasteiger partial charge in [0.1, 0.15) is 12.1 Å². The van der Waals surface area contributed by atoms with Gasteiger partial charge in [-0.15, -0.1) is 0 Å². The second-order valence-corrected chi connectivity index (χ2v) is 15.9. The molecule has 0 bridgehead atoms. The lowest BCUT2D eigenvalue weighted by atomic mass is 9.44. The lowest BCUT2D eigenvalue weighted by Crippen LogP contribution is -2.55. The van der Waals surface area contributed by atoms with E-state index in [1.165, 1.54) is 44.9 Å². The molecule has 5 nitrogen and oxygen atoms in total. The van der Waals surface area contributed by atoms with Crippen LogP contribution in [-0.4, -0.2) is 48.6 Å². The predicted octanol–water partition coefficient (Wildman–Crippen LogP) is 6.43. The van der Waals surface area contributed by atoms with Crippen LogP contribution in [0.25, 0.3) is 0 Å². The van der Waals surface area contributed by atoms with Gasteiger partial charge in [-0.2, -0.15) is 11.8 Å². The number of fused-ring (bicyclic) bond motifs is 7. The van der Waals surface area contributed by atoms with Crippen molar-refractivity contribution in [1.29, 1.82) is 0 Å². The predicted molar refractivity (Wildman–Crippen MR) is 153 cm³/mol. The molecule has 0 aromatic carbocycles. The summed E-state index contributed by atoms with van der Waals surface area (Å²) in [6.07, 6.45) is 15.3. The van der Waals surface area contributed by atoms with E-state index in [2.05, 4.69) is 34.0 Å². The summed E-state index contributed by atoms with van der Waals surface area (Å²) in [5, 5.41) is 0. The van der Waals surface area contributed by atoms with Crippen molar-refractivity contribution in [1.82, 2.24) is 0 Å². The first kappa shape index (κ1) is 27.8. The molecule has 0 radical (unpaired) electrons. The van der Waals surface area contributed by atoms with Gasteiger partial charge in [0.15, 0.2) is 5.79 Å². The van der Waals surface area contributed by atoms with Crippen LogP contribution in [0, 0.1) is 52.3 Å². The third-order valence-electron chi connectivity index (χ3n) is 13.1. The van der Waals surface area contributed by atoms with Gasteiger partial charge in [0.05, 0.1) is 12.7 Å². The summed E-state index contributed by atoms with van der Waals surface area (Å²) in [7, 11) is 0. The van der Waals surface area contributed by atoms with Gasteiger partial charge in [-0.25, -0.2) is 0 Å². The van der Waals surface area contributed by atoms with Gasteiger partial charge in [0.25, 0.3) is 0 Å². The average molecular weight is 548 g/mol. The third kappa shape index (κ3) is 4.32. The van der Waals surface area contributed by atoms with Crippen LogP contribution in [-0.2, 0) is 19.0 Å². The highest BCUT2D eigenvalue weighted by Gasteiger charge is 2.69. The molecule has 38 heavy (non-hydrogen) atoms. The minimum atomic E-state index is -0.476. The molecule has 2 heterocycles. The molecular formula is C32H53NO4S. The topological polar surface area (TPSA) is 70.8 Å². The van der Waals surface area contributed by atoms with Gasteiger partial charge in [-0.1, -0.05) is 27.7 Å². The first-order valence-electron chi connectivity index (χ1n) is 15.9. The fraction of sp³-hybridized carbons (Fsp3) is 0.969. The second kappa shape index (κ2) is 10.2. The Kier molecular flexibility index (Phi) is 7.48. The quantitative estimate of drug-likeness (QED) is 0.400. The van der Waals surface area contributed by atoms with E-state index in [4.69, 9.17) is 19.9 Å². The molecule has 4 aliphatic carbocycles. The molecule has 0 aromatic rings. The van der Waals surface area contributed by atoms with Crippen molar-refractivity contribution < 1.29 is 19.0 Å². The van der Waals surface area contributed by atoms with Crippen LogP contribution >= 0.6 is 11.8 Å². The van der Waals surface area contributed by atoms with Gasteiger partial charge in [-0.3, -0.25) is 4.79 Å². The van der Waals surface area contributed by atoms with Crippen LogP contribution in [0.2, 0.25) is 0 Å². The number of ether oxygens (including phenoxy) is 3. The van der Waals surface area contributed by atoms with Gasteiger partial charge >= 0.3 is 5.97 Å². The van der Waals surface area contributed by atoms with Crippen molar-refractivity contribution in [2.24, 2.45) is 58.0 Å². The van der Waals surface area contributed by atoms with Crippen LogP contribution in [0.5, 0.6) is 0 Å². The van der Waals surface area contributed by atoms with Crippen molar-refractivity contribution in [2.45, 2.75) is 122 Å². The Bertz CT molecular complexity index is 891. The first-order valence-corrected chi connectivity index (χ1v) is 17.3. The fourth-order valence-electron chi connectivity index (χ4n) is 11.0. The second-order valence-electron chi connectivity index (χ2n) is 14.9. The van der Waals surface area contributed by atoms with E-state index in [1.54, 1.807) is 11.8 Å². The fourth-order valence-corrected chi connectivity index (χ4v) is 11.4. The maximum absolute atomic E-state index is 12.6. The molecule has 216 valence electrons. The molecule has 0 aromatic heterocycles. The molecular weight excluding hydrogens is 494 g/mol. The zero-order valence-electron chi connectivity index (χ0n) is 24.6. The van der Waals surface area contributed by atoms with Crippen LogP contribution < -0.4 is 5.73 Å². The Morgan fingerprint density at radius 1 is 1.03 bits per heavy atom. The summed E-state index contributed by atoms with van der Waals surface area (Å²) < 4.78 is 19.5. The molecule has 2 aliphatic heterocycles. The monoisotopic (exact) mass is 547 g/mol. The highest BCUT2D eigenvalue weighted by Crippen LogP contribution is 2.71. The Balaban J connectivity index is 1.12. The third-order valence-corrected chi connectivity index (χ3v) is 13.7. The smallest absolute Gasteiger partial charge is 0.323 e. The minimum absolute atomic E-state index is 0.0563. The Hall–Kier alpha value is -0.300. The number of nitrogens with two attached hydrogens (primary N) is 1. The number of esters is 1. The number of rotatable bonds is 5. The standard InChI is InChI=1S/C32H53NO4S/c1-19-8-14-32(35-18-19)20(2)28-27(37-32)17-25-23-7-6-21-16-22(36-29(34)26(33)11-15-38-5)9-12-30(21,3)24(23)10-13-31(25,28)4/h19-28H,6-18,33H2,1-5H3/t19-,20+,21?,22+,23-,24+,25+,26?,27+,28+,30+,31+,32-/m1/s1. The van der Waals surface area contributed by atoms with Crippen LogP contribution in [0.1, 0.15) is 98.3 Å². The molecule has 2 unspecified atom stereocenters. The molecule has 13 atom stereocenters. The Morgan fingerprint density at radius 3 is 2.55 bits per heavy atom. The maximum atomic E-state index is 12.6. The van der Waals surface area contributed by atoms with Crippen LogP contribution in [0.15, 0.2) is 0 Å². The van der Waals surface area contributed by atoms with E-state index in [0.717, 1.165) is 49.4 Å². The average Bonchev–Trinajstić information content (AvgIpc) is 3.34. The summed E-state index contributed by atoms with van der Waals surface area (Å²) in [4.78, 5) is 12.6. The van der Waals surface area contributed by atoms with E-state index in [-0.39, 0.29) is 17.9 Å². The van der Waals surface area contributed by atoms with E-state index in [0.29, 0.717) is 47.0 Å². The van der Waals surface area contributed by atoms with E-state index >= 15 is 0 Å². The van der Waals surface area contributed by atoms with Crippen molar-refractivity contribution in [3.63, 3.8) is 0 Å². The number of hydrogen-bond donors (Lipinski definition) is 1. The molecule has 1 spiro atoms. The van der Waals surface area contributed by atoms with Gasteiger partial charge in [0.2, 0.25) is 0 Å². The molecule has 6 rings (SSSR count). The lowest BCUT2D eigenvalue weighted by Gasteiger charge is -2.61. The first-order chi connectivity index (χ1) is 18.1. The SMILES string of the molecule is CSCCC(N)C(=O)O[C@H]1CC[C@@]2(C)C(CC[C@H]3[C@@H]4C[C@@H]5O[C@]6(CC[C@@H](C)CO6)[C@@H](C)[C@@H]5[C@@]4(C)CC[C@@H]32)C1. The van der Waals surface area contributed by atoms with Crippen molar-refractivity contribution >= 4 is 17.7 Å². The summed E-state index contributed by atoms with van der Waals surface area (Å²) in [6.45, 7) is 10.8. The zero-order valence-corrected chi connectivity index (χ0v) is 25.4. The molecule has 6 fully saturated rings. The van der Waals surface area contributed by atoms with Crippen LogP contribution in [0.3, 0.4) is 0 Å². The highest BCUT2D eigenvalue weighted by atomic mass is 32.2. The summed E-state index contributed by atoms with van der Waals surface area (Å²) in [5.74, 6) is 5.25. The molecule has 0 amide bonds. The zero-order chi connectivity index (χ0) is 26.9. The summed E-state index contributed by atoms with van der Waals surface area (Å²) >= 11 is 1.73. The normalized spacial score (nSPS) is 52.5. The molecule has 2 saturated heterocycles. The molecule has 4 saturated carbocycles. The number of hydrogen-bond acceptors (Lipinski definition) is 6. The van der Waals surface area contributed by atoms with Gasteiger partial charge < -0.3 is 19.9 Å². The van der Waals surface area contributed by atoms with Crippen molar-refractivity contribution in [2.75, 3.05) is 18.6 Å². The number of thioether (sulfide) groups is 1. The van der Waals surface area contributed by atoms with Gasteiger partial charge in [-0.05, 0) is 123 Å². The largest absolute Gasteiger partial charge is 0.461 e. The highest BCUT2D eigenvalue weighted by molar-refractivity contribution is 7.98. The Labute approximate surface area is 235 Å². The van der Waals surface area contributed by atoms with Crippen LogP contribution in [0.4, 0.5) is 0 Å². The molecule has 6 heteroatoms. The lowest BCUT2D eigenvalue weighted by molar-refractivity contribution is -0.273. The molecule has 6 aliphatic rings. The summed E-state index contributed by atoms with van der Waals surface area (Å²) in [5.41, 5.74) is 6.88. The Morgan fingerprint density at radius 2 is 1.82 bits per heavy atom. The van der Waals surface area contributed by atoms with Gasteiger partial charge in [0, 0.05) is 12.3 Å². The van der Waals surface area contributed by atoms with Crippen molar-refractivity contribution in [3.8, 4) is 0 Å². The summed E-state index contributed by atoms with van der Waals surface area (Å²) in [6, 6.07) is -0.476. The number of carbonyl (C=O) groups excluding carboxylic acids is 1. The number of carbonyl (C=O) groups is 1. The van der Waals surface area contributed by atoms with E-state index in [9.17, 15) is 4.79 Å². The minimum Gasteiger partial charge on any atom is -0.461 e. The molecule has 2 N–H and O–H groups in total. The maximum Gasteiger partial charge on any atom is 0.323 e. The van der Waals surface area contributed by atoms with E-state index < -0.39 is 6.04 Å². The van der Waals surface area contributed by atoms with E-state index in [1.807, 2.05) is 0 Å².